The minimum Gasteiger partial charge on any atom is -0.507 e. The van der Waals surface area contributed by atoms with Gasteiger partial charge in [-0.2, -0.15) is 0 Å². The highest BCUT2D eigenvalue weighted by Gasteiger charge is 2.17. The molecular weight excluding hydrogens is 174 g/mol. The topological polar surface area (TPSA) is 46.2 Å². The number of nitrogens with two attached hydrogens (primary N) is 1. The molecule has 1 aliphatic rings. The van der Waals surface area contributed by atoms with Crippen LogP contribution < -0.4 is 5.73 Å². The highest BCUT2D eigenvalue weighted by molar-refractivity contribution is 5.48. The van der Waals surface area contributed by atoms with Gasteiger partial charge in [0.05, 0.1) is 0 Å². The van der Waals surface area contributed by atoms with Crippen LogP contribution in [0.3, 0.4) is 0 Å². The molecule has 76 valence electrons. The summed E-state index contributed by atoms with van der Waals surface area (Å²) in [6, 6.07) is 4.27. The molecule has 0 amide bonds. The number of phenolic OH excluding ortho intramolecular Hbond substituents is 1. The lowest BCUT2D eigenvalue weighted by Crippen LogP contribution is -2.18. The van der Waals surface area contributed by atoms with E-state index in [0.29, 0.717) is 5.75 Å². The summed E-state index contributed by atoms with van der Waals surface area (Å²) in [5.74, 6) is 0.498. The summed E-state index contributed by atoms with van der Waals surface area (Å²) in [5, 5.41) is 10.0. The van der Waals surface area contributed by atoms with Crippen molar-refractivity contribution in [2.45, 2.75) is 38.6 Å². The summed E-state index contributed by atoms with van der Waals surface area (Å²) >= 11 is 0. The van der Waals surface area contributed by atoms with Crippen molar-refractivity contribution in [3.63, 3.8) is 0 Å². The molecule has 0 heterocycles. The average Bonchev–Trinajstić information content (AvgIpc) is 2.57. The molecule has 2 heteroatoms. The van der Waals surface area contributed by atoms with Crippen molar-refractivity contribution in [1.29, 1.82) is 0 Å². The second kappa shape index (κ2) is 3.62. The Kier molecular flexibility index (Phi) is 2.46. The first-order valence-corrected chi connectivity index (χ1v) is 5.26. The summed E-state index contributed by atoms with van der Waals surface area (Å²) in [7, 11) is 0. The van der Waals surface area contributed by atoms with Crippen molar-refractivity contribution in [1.82, 2.24) is 0 Å². The van der Waals surface area contributed by atoms with E-state index in [9.17, 15) is 5.11 Å². The van der Waals surface area contributed by atoms with Crippen molar-refractivity contribution in [3.05, 3.63) is 28.8 Å². The zero-order valence-electron chi connectivity index (χ0n) is 8.59. The summed E-state index contributed by atoms with van der Waals surface area (Å²) < 4.78 is 0. The van der Waals surface area contributed by atoms with Gasteiger partial charge in [-0.05, 0) is 49.3 Å². The number of rotatable bonds is 2. The minimum absolute atomic E-state index is 0.111. The zero-order chi connectivity index (χ0) is 10.1. The van der Waals surface area contributed by atoms with Crippen molar-refractivity contribution < 1.29 is 5.11 Å². The Morgan fingerprint density at radius 2 is 2.21 bits per heavy atom. The molecule has 0 spiro atoms. The normalized spacial score (nSPS) is 16.7. The van der Waals surface area contributed by atoms with Crippen LogP contribution in [0.15, 0.2) is 12.1 Å². The standard InChI is InChI=1S/C12H17NO/c1-8(13)7-10-6-5-9-3-2-4-11(9)12(10)14/h5-6,8,14H,2-4,7,13H2,1H3. The van der Waals surface area contributed by atoms with Gasteiger partial charge >= 0.3 is 0 Å². The van der Waals surface area contributed by atoms with Gasteiger partial charge in [0.2, 0.25) is 0 Å². The highest BCUT2D eigenvalue weighted by atomic mass is 16.3. The molecule has 2 rings (SSSR count). The Hall–Kier alpha value is -1.02. The molecule has 3 N–H and O–H groups in total. The first-order valence-electron chi connectivity index (χ1n) is 5.26. The highest BCUT2D eigenvalue weighted by Crippen LogP contribution is 2.33. The van der Waals surface area contributed by atoms with Crippen molar-refractivity contribution in [2.75, 3.05) is 0 Å². The van der Waals surface area contributed by atoms with Crippen LogP contribution in [0.2, 0.25) is 0 Å². The molecule has 1 aromatic rings. The van der Waals surface area contributed by atoms with Crippen LogP contribution in [0.5, 0.6) is 5.75 Å². The van der Waals surface area contributed by atoms with Crippen LogP contribution in [-0.4, -0.2) is 11.1 Å². The van der Waals surface area contributed by atoms with Gasteiger partial charge in [-0.1, -0.05) is 12.1 Å². The van der Waals surface area contributed by atoms with Gasteiger partial charge in [0, 0.05) is 6.04 Å². The Balaban J connectivity index is 2.35. The molecule has 1 aliphatic carbocycles. The van der Waals surface area contributed by atoms with E-state index in [1.807, 2.05) is 13.0 Å². The monoisotopic (exact) mass is 191 g/mol. The van der Waals surface area contributed by atoms with Gasteiger partial charge < -0.3 is 10.8 Å². The second-order valence-electron chi connectivity index (χ2n) is 4.25. The first kappa shape index (κ1) is 9.53. The number of aromatic hydroxyl groups is 1. The van der Waals surface area contributed by atoms with Gasteiger partial charge in [0.1, 0.15) is 5.75 Å². The fourth-order valence-corrected chi connectivity index (χ4v) is 2.21. The summed E-state index contributed by atoms with van der Waals surface area (Å²) in [6.07, 6.45) is 4.07. The molecule has 1 aromatic carbocycles. The number of aryl methyl sites for hydroxylation is 1. The molecule has 1 atom stereocenters. The smallest absolute Gasteiger partial charge is 0.122 e. The van der Waals surface area contributed by atoms with Crippen molar-refractivity contribution in [2.24, 2.45) is 5.73 Å². The average molecular weight is 191 g/mol. The van der Waals surface area contributed by atoms with E-state index in [0.717, 1.165) is 30.4 Å². The molecule has 0 bridgehead atoms. The quantitative estimate of drug-likeness (QED) is 0.748. The third kappa shape index (κ3) is 1.62. The number of hydrogen-bond donors (Lipinski definition) is 2. The molecule has 0 saturated heterocycles. The van der Waals surface area contributed by atoms with Crippen molar-refractivity contribution in [3.8, 4) is 5.75 Å². The third-order valence-electron chi connectivity index (χ3n) is 2.88. The number of hydrogen-bond acceptors (Lipinski definition) is 2. The number of benzene rings is 1. The number of phenols is 1. The molecule has 0 fully saturated rings. The molecule has 0 aliphatic heterocycles. The van der Waals surface area contributed by atoms with Gasteiger partial charge in [-0.25, -0.2) is 0 Å². The van der Waals surface area contributed by atoms with Crippen LogP contribution >= 0.6 is 0 Å². The Labute approximate surface area is 84.7 Å². The maximum atomic E-state index is 10.0. The first-order chi connectivity index (χ1) is 6.68. The van der Waals surface area contributed by atoms with Crippen LogP contribution in [0.4, 0.5) is 0 Å². The predicted molar refractivity (Wildman–Crippen MR) is 57.5 cm³/mol. The van der Waals surface area contributed by atoms with Crippen LogP contribution in [-0.2, 0) is 19.3 Å². The Bertz CT molecular complexity index is 344. The largest absolute Gasteiger partial charge is 0.507 e. The van der Waals surface area contributed by atoms with E-state index in [-0.39, 0.29) is 6.04 Å². The third-order valence-corrected chi connectivity index (χ3v) is 2.88. The Morgan fingerprint density at radius 3 is 2.93 bits per heavy atom. The van der Waals surface area contributed by atoms with E-state index in [4.69, 9.17) is 5.73 Å². The van der Waals surface area contributed by atoms with E-state index in [2.05, 4.69) is 6.07 Å². The van der Waals surface area contributed by atoms with Crippen LogP contribution in [0.1, 0.15) is 30.0 Å². The Morgan fingerprint density at radius 1 is 1.43 bits per heavy atom. The lowest BCUT2D eigenvalue weighted by molar-refractivity contribution is 0.459. The van der Waals surface area contributed by atoms with E-state index >= 15 is 0 Å². The summed E-state index contributed by atoms with van der Waals surface area (Å²) in [5.41, 5.74) is 9.20. The maximum Gasteiger partial charge on any atom is 0.122 e. The summed E-state index contributed by atoms with van der Waals surface area (Å²) in [6.45, 7) is 1.96. The predicted octanol–water partition coefficient (Wildman–Crippen LogP) is 1.77. The van der Waals surface area contributed by atoms with E-state index < -0.39 is 0 Å². The van der Waals surface area contributed by atoms with Gasteiger partial charge in [0.15, 0.2) is 0 Å². The van der Waals surface area contributed by atoms with Gasteiger partial charge in [-0.3, -0.25) is 0 Å². The van der Waals surface area contributed by atoms with Crippen molar-refractivity contribution >= 4 is 0 Å². The lowest BCUT2D eigenvalue weighted by Gasteiger charge is -2.11. The molecule has 0 aromatic heterocycles. The maximum absolute atomic E-state index is 10.0. The zero-order valence-corrected chi connectivity index (χ0v) is 8.59. The molecule has 0 radical (unpaired) electrons. The molecule has 1 unspecified atom stereocenters. The van der Waals surface area contributed by atoms with Crippen LogP contribution in [0.25, 0.3) is 0 Å². The lowest BCUT2D eigenvalue weighted by atomic mass is 10.0. The van der Waals surface area contributed by atoms with Gasteiger partial charge in [-0.15, -0.1) is 0 Å². The SMILES string of the molecule is CC(N)Cc1ccc2c(c1O)CCC2. The van der Waals surface area contributed by atoms with E-state index in [1.54, 1.807) is 0 Å². The fraction of sp³-hybridized carbons (Fsp3) is 0.500. The minimum atomic E-state index is 0.111. The van der Waals surface area contributed by atoms with Crippen LogP contribution in [0, 0.1) is 0 Å². The molecule has 2 nitrogen and oxygen atoms in total. The molecule has 0 saturated carbocycles. The fourth-order valence-electron chi connectivity index (χ4n) is 2.21. The van der Waals surface area contributed by atoms with E-state index in [1.165, 1.54) is 12.0 Å². The molecular formula is C12H17NO. The second-order valence-corrected chi connectivity index (χ2v) is 4.25. The number of fused-ring (bicyclic) bond motifs is 1. The summed E-state index contributed by atoms with van der Waals surface area (Å²) in [4.78, 5) is 0. The van der Waals surface area contributed by atoms with Gasteiger partial charge in [0.25, 0.3) is 0 Å². The molecule has 14 heavy (non-hydrogen) atoms.